The van der Waals surface area contributed by atoms with Crippen LogP contribution in [0.25, 0.3) is 0 Å². The first kappa shape index (κ1) is 72.6. The number of amides is 4. The van der Waals surface area contributed by atoms with Crippen molar-refractivity contribution in [3.05, 3.63) is 122 Å². The minimum atomic E-state index is -4.61. The molecular weight excluding hydrogens is 1290 g/mol. The van der Waals surface area contributed by atoms with Crippen LogP contribution in [0.2, 0.25) is 10.3 Å². The van der Waals surface area contributed by atoms with Crippen molar-refractivity contribution in [2.24, 2.45) is 0 Å². The minimum absolute atomic E-state index is 0.0398. The highest BCUT2D eigenvalue weighted by Crippen LogP contribution is 2.38. The number of hydrogen-bond acceptors (Lipinski definition) is 23. The second-order valence-corrected chi connectivity index (χ2v) is 21.5. The van der Waals surface area contributed by atoms with E-state index in [1.54, 1.807) is 16.5 Å². The van der Waals surface area contributed by atoms with E-state index in [1.807, 2.05) is 52.0 Å². The Morgan fingerprint density at radius 2 is 1.52 bits per heavy atom. The molecule has 2 unspecified atom stereocenters. The van der Waals surface area contributed by atoms with Crippen LogP contribution in [0.1, 0.15) is 67.8 Å². The maximum atomic E-state index is 12.8. The number of aromatic nitrogens is 6. The van der Waals surface area contributed by atoms with Gasteiger partial charge in [0.2, 0.25) is 34.9 Å². The average molecular weight is 1350 g/mol. The normalized spacial score (nSPS) is 12.7. The summed E-state index contributed by atoms with van der Waals surface area (Å²) in [5.74, 6) is -1.66. The summed E-state index contributed by atoms with van der Waals surface area (Å²) in [5, 5.41) is 18.7. The number of ether oxygens (including phenoxy) is 6. The highest BCUT2D eigenvalue weighted by Gasteiger charge is 2.34. The summed E-state index contributed by atoms with van der Waals surface area (Å²) in [7, 11) is 1.15. The molecule has 4 amide bonds. The fourth-order valence-corrected chi connectivity index (χ4v) is 8.57. The molecule has 0 saturated heterocycles. The highest BCUT2D eigenvalue weighted by atomic mass is 35.5. The number of anilines is 4. The molecule has 3 aromatic heterocycles. The lowest BCUT2D eigenvalue weighted by atomic mass is 10.1. The van der Waals surface area contributed by atoms with Gasteiger partial charge in [0.05, 0.1) is 59.7 Å². The van der Waals surface area contributed by atoms with Gasteiger partial charge in [0.15, 0.2) is 16.0 Å². The Bertz CT molecular complexity index is 3580. The van der Waals surface area contributed by atoms with E-state index in [1.165, 1.54) is 64.5 Å². The molecule has 480 valence electrons. The standard InChI is InChI=1S/C19H15ClF3NO7.C15H18N6O6S.C11H11Cl2NO2.C8H14ClN5/c1-3-29-17(25)10(2)30-18(26)13-9-12(5-6-15(13)24(27)28)31-16-7-4-11(8-14(16)20)19(21,22)23;1-21(2)13(22)9-6-5-7-16-12(9)28(24,25)20-15(23)19-14-17-10(26-3)8-11(18-14)27-4;1-7-6-16-9-5-3-2-4-8(9)14(7)11(15)10(12)13;1-4-10-7-12-6(9)13-8(14-7)11-5(2)3/h4-10H,3H2,1-2H3;5-8H,1-4H3,(H2,17,18,19,20,23);2-5,7,10H,6H2,1H3;5H,4H2,1-3H3,(H2,10,11,12,13,14). The lowest BCUT2D eigenvalue weighted by Crippen LogP contribution is -2.47. The molecule has 2 atom stereocenters. The molecule has 0 radical (unpaired) electrons. The van der Waals surface area contributed by atoms with Gasteiger partial charge in [-0.05, 0) is 102 Å². The number of nitro benzene ring substituents is 1. The summed E-state index contributed by atoms with van der Waals surface area (Å²) >= 11 is 22.8. The zero-order valence-corrected chi connectivity index (χ0v) is 52.6. The molecule has 0 spiro atoms. The number of para-hydroxylation sites is 2. The summed E-state index contributed by atoms with van der Waals surface area (Å²) in [5.41, 5.74) is -1.64. The van der Waals surface area contributed by atoms with E-state index in [0.29, 0.717) is 30.3 Å². The number of sulfonamides is 1. The van der Waals surface area contributed by atoms with Gasteiger partial charge in [0.1, 0.15) is 29.4 Å². The number of hydrogen-bond donors (Lipinski definition) is 4. The maximum Gasteiger partial charge on any atom is 0.416 e. The van der Waals surface area contributed by atoms with Gasteiger partial charge in [-0.25, -0.2) is 24.1 Å². The van der Waals surface area contributed by atoms with Gasteiger partial charge >= 0.3 is 24.1 Å². The number of fused-ring (bicyclic) bond motifs is 1. The van der Waals surface area contributed by atoms with Crippen LogP contribution in [0.5, 0.6) is 29.0 Å². The SMILES string of the molecule is CC1COc2ccccc2N1C(=O)C(Cl)Cl.CCNc1nc(Cl)nc(NC(C)C)n1.CCOC(=O)C(C)OC(=O)c1cc(Oc2ccc(C(F)(F)F)cc2Cl)ccc1[N+](=O)[O-].COc1cc(OC)nc(NC(=O)NS(=O)(=O)c2ncccc2C(=O)N(C)C)n1. The number of benzene rings is 3. The van der Waals surface area contributed by atoms with E-state index in [0.717, 1.165) is 42.6 Å². The highest BCUT2D eigenvalue weighted by molar-refractivity contribution is 7.90. The second kappa shape index (κ2) is 33.5. The molecule has 4 N–H and O–H groups in total. The lowest BCUT2D eigenvalue weighted by Gasteiger charge is -2.35. The number of urea groups is 1. The van der Waals surface area contributed by atoms with Crippen molar-refractivity contribution in [1.29, 1.82) is 0 Å². The minimum Gasteiger partial charge on any atom is -0.489 e. The van der Waals surface area contributed by atoms with Crippen LogP contribution in [0.4, 0.5) is 47.2 Å². The largest absolute Gasteiger partial charge is 0.489 e. The van der Waals surface area contributed by atoms with Crippen LogP contribution in [0, 0.1) is 10.1 Å². The van der Waals surface area contributed by atoms with Crippen LogP contribution in [0.15, 0.2) is 90.1 Å². The second-order valence-electron chi connectivity index (χ2n) is 18.1. The van der Waals surface area contributed by atoms with Gasteiger partial charge in [-0.3, -0.25) is 25.0 Å². The third kappa shape index (κ3) is 21.8. The van der Waals surface area contributed by atoms with E-state index in [9.17, 15) is 55.7 Å². The number of methoxy groups -OCH3 is 2. The van der Waals surface area contributed by atoms with Gasteiger partial charge in [-0.2, -0.15) is 46.5 Å². The zero-order valence-electron chi connectivity index (χ0n) is 48.7. The quantitative estimate of drug-likeness (QED) is 0.0269. The number of pyridine rings is 1. The number of esters is 2. The number of nitrogens with zero attached hydrogens (tertiary/aromatic N) is 9. The van der Waals surface area contributed by atoms with E-state index in [4.69, 9.17) is 74.8 Å². The Kier molecular flexibility index (Phi) is 27.3. The Balaban J connectivity index is 0.000000266. The molecule has 0 saturated carbocycles. The molecule has 89 heavy (non-hydrogen) atoms. The van der Waals surface area contributed by atoms with Gasteiger partial charge in [0, 0.05) is 45.0 Å². The lowest BCUT2D eigenvalue weighted by molar-refractivity contribution is -0.385. The molecule has 1 aliphatic rings. The molecular formula is C53H58Cl4F3N13O15S. The fourth-order valence-electron chi connectivity index (χ4n) is 6.95. The number of nitro groups is 1. The van der Waals surface area contributed by atoms with Gasteiger partial charge in [-0.1, -0.05) is 46.9 Å². The van der Waals surface area contributed by atoms with E-state index in [-0.39, 0.29) is 69.7 Å². The van der Waals surface area contributed by atoms with Crippen molar-refractivity contribution >= 4 is 115 Å². The van der Waals surface area contributed by atoms with Crippen LogP contribution >= 0.6 is 46.4 Å². The number of halogens is 7. The third-order valence-corrected chi connectivity index (χ3v) is 12.9. The first-order chi connectivity index (χ1) is 41.8. The number of nitrogens with one attached hydrogen (secondary N) is 4. The summed E-state index contributed by atoms with van der Waals surface area (Å²) in [6.45, 7) is 11.9. The van der Waals surface area contributed by atoms with Crippen LogP contribution < -0.4 is 44.5 Å². The van der Waals surface area contributed by atoms with Crippen molar-refractivity contribution in [2.45, 2.75) is 75.8 Å². The van der Waals surface area contributed by atoms with Crippen molar-refractivity contribution in [3.63, 3.8) is 0 Å². The molecule has 0 aliphatic carbocycles. The Hall–Kier alpha value is -8.85. The summed E-state index contributed by atoms with van der Waals surface area (Å²) in [4.78, 5) is 95.7. The summed E-state index contributed by atoms with van der Waals surface area (Å²) in [6, 6.07) is 15.8. The van der Waals surface area contributed by atoms with Gasteiger partial charge < -0.3 is 48.9 Å². The zero-order chi connectivity index (χ0) is 66.5. The fraction of sp³-hybridized carbons (Fsp3) is 0.340. The van der Waals surface area contributed by atoms with Crippen LogP contribution in [-0.4, -0.2) is 149 Å². The molecule has 28 nitrogen and oxygen atoms in total. The Morgan fingerprint density at radius 3 is 2.09 bits per heavy atom. The average Bonchev–Trinajstić information content (AvgIpc) is 2.09. The number of rotatable bonds is 18. The van der Waals surface area contributed by atoms with Gasteiger partial charge in [0.25, 0.3) is 27.5 Å². The molecule has 1 aliphatic heterocycles. The smallest absolute Gasteiger partial charge is 0.416 e. The van der Waals surface area contributed by atoms with Crippen LogP contribution in [-0.2, 0) is 35.3 Å². The van der Waals surface area contributed by atoms with Gasteiger partial charge in [-0.15, -0.1) is 0 Å². The summed E-state index contributed by atoms with van der Waals surface area (Å²) < 4.78 is 95.4. The Morgan fingerprint density at radius 1 is 0.865 bits per heavy atom. The molecule has 7 rings (SSSR count). The molecule has 36 heteroatoms. The Labute approximate surface area is 527 Å². The molecule has 0 fully saturated rings. The first-order valence-corrected chi connectivity index (χ1v) is 28.9. The number of alkyl halides is 5. The van der Waals surface area contributed by atoms with E-state index in [2.05, 4.69) is 45.9 Å². The summed E-state index contributed by atoms with van der Waals surface area (Å²) in [6.07, 6.45) is -4.75. The van der Waals surface area contributed by atoms with E-state index < -0.39 is 77.8 Å². The monoisotopic (exact) mass is 1350 g/mol. The number of carbonyl (C=O) groups excluding carboxylic acids is 5. The molecule has 3 aromatic carbocycles. The maximum absolute atomic E-state index is 12.8. The van der Waals surface area contributed by atoms with Crippen molar-refractivity contribution in [3.8, 4) is 29.0 Å². The first-order valence-electron chi connectivity index (χ1n) is 25.8. The molecule has 0 bridgehead atoms. The van der Waals surface area contributed by atoms with Crippen molar-refractivity contribution < 1.29 is 78.9 Å². The number of carbonyl (C=O) groups is 5. The van der Waals surface area contributed by atoms with Crippen molar-refractivity contribution in [2.75, 3.05) is 68.9 Å². The van der Waals surface area contributed by atoms with Crippen molar-refractivity contribution in [1.82, 2.24) is 39.5 Å². The molecule has 6 aromatic rings. The predicted octanol–water partition coefficient (Wildman–Crippen LogP) is 9.65. The van der Waals surface area contributed by atoms with E-state index >= 15 is 0 Å². The topological polar surface area (TPSA) is 350 Å². The predicted molar refractivity (Wildman–Crippen MR) is 320 cm³/mol. The van der Waals surface area contributed by atoms with Crippen LogP contribution in [0.3, 0.4) is 0 Å². The molecule has 4 heterocycles. The third-order valence-electron chi connectivity index (χ3n) is 10.8.